The van der Waals surface area contributed by atoms with E-state index in [0.29, 0.717) is 6.54 Å². The van der Waals surface area contributed by atoms with Gasteiger partial charge in [-0.3, -0.25) is 4.79 Å². The molecule has 0 spiro atoms. The molecule has 0 aliphatic carbocycles. The summed E-state index contributed by atoms with van der Waals surface area (Å²) in [6.45, 7) is 4.47. The third-order valence-electron chi connectivity index (χ3n) is 2.71. The molecule has 2 aromatic rings. The number of amides is 1. The Hall–Kier alpha value is -1.66. The third kappa shape index (κ3) is 3.42. The van der Waals surface area contributed by atoms with Gasteiger partial charge in [0.15, 0.2) is 0 Å². The maximum absolute atomic E-state index is 11.5. The van der Waals surface area contributed by atoms with Crippen LogP contribution in [0.25, 0.3) is 10.7 Å². The number of primary amides is 1. The van der Waals surface area contributed by atoms with Crippen molar-refractivity contribution in [2.45, 2.75) is 32.5 Å². The van der Waals surface area contributed by atoms with E-state index in [9.17, 15) is 4.79 Å². The minimum atomic E-state index is -0.395. The number of nitrogens with one attached hydrogen (secondary N) is 1. The second-order valence-corrected chi connectivity index (χ2v) is 5.60. The molecule has 0 bridgehead atoms. The first-order valence-corrected chi connectivity index (χ1v) is 7.06. The average molecular weight is 278 g/mol. The van der Waals surface area contributed by atoms with Crippen molar-refractivity contribution in [1.29, 1.82) is 0 Å². The minimum Gasteiger partial charge on any atom is -0.368 e. The molecule has 0 saturated heterocycles. The van der Waals surface area contributed by atoms with E-state index in [1.165, 1.54) is 0 Å². The summed E-state index contributed by atoms with van der Waals surface area (Å²) in [5.74, 6) is 0.520. The molecule has 0 saturated carbocycles. The first-order valence-electron chi connectivity index (χ1n) is 6.18. The quantitative estimate of drug-likeness (QED) is 0.840. The molecule has 6 heteroatoms. The molecule has 1 amide bonds. The van der Waals surface area contributed by atoms with Crippen molar-refractivity contribution >= 4 is 17.2 Å². The second-order valence-electron chi connectivity index (χ2n) is 4.66. The highest BCUT2D eigenvalue weighted by molar-refractivity contribution is 7.13. The van der Waals surface area contributed by atoms with Crippen LogP contribution in [0.4, 0.5) is 0 Å². The van der Waals surface area contributed by atoms with Gasteiger partial charge in [0.1, 0.15) is 11.9 Å². The first-order chi connectivity index (χ1) is 9.08. The number of carbonyl (C=O) groups excluding carboxylic acids is 1. The number of carbonyl (C=O) groups is 1. The minimum absolute atomic E-state index is 0.200. The zero-order valence-electron chi connectivity index (χ0n) is 11.0. The number of nitrogens with zero attached hydrogens (tertiary/aromatic N) is 2. The molecule has 3 N–H and O–H groups in total. The summed E-state index contributed by atoms with van der Waals surface area (Å²) in [5, 5.41) is 5.18. The van der Waals surface area contributed by atoms with Gasteiger partial charge in [0.2, 0.25) is 5.91 Å². The van der Waals surface area contributed by atoms with Crippen molar-refractivity contribution in [2.24, 2.45) is 5.73 Å². The van der Waals surface area contributed by atoms with Crippen LogP contribution in [0.3, 0.4) is 0 Å². The van der Waals surface area contributed by atoms with Crippen molar-refractivity contribution in [3.8, 4) is 10.7 Å². The Morgan fingerprint density at radius 2 is 2.37 bits per heavy atom. The van der Waals surface area contributed by atoms with Gasteiger partial charge < -0.3 is 15.6 Å². The Morgan fingerprint density at radius 1 is 1.58 bits per heavy atom. The highest BCUT2D eigenvalue weighted by atomic mass is 32.1. The molecule has 2 aromatic heterocycles. The second kappa shape index (κ2) is 5.99. The van der Waals surface area contributed by atoms with Gasteiger partial charge in [-0.25, -0.2) is 4.98 Å². The lowest BCUT2D eigenvalue weighted by Crippen LogP contribution is -2.47. The summed E-state index contributed by atoms with van der Waals surface area (Å²) in [7, 11) is 0. The van der Waals surface area contributed by atoms with Gasteiger partial charge >= 0.3 is 0 Å². The Balaban J connectivity index is 2.18. The van der Waals surface area contributed by atoms with Gasteiger partial charge in [0.05, 0.1) is 4.88 Å². The van der Waals surface area contributed by atoms with Crippen LogP contribution < -0.4 is 11.1 Å². The Bertz CT molecular complexity index is 533. The van der Waals surface area contributed by atoms with Crippen LogP contribution in [0.5, 0.6) is 0 Å². The summed E-state index contributed by atoms with van der Waals surface area (Å²) in [4.78, 5) is 16.9. The maximum Gasteiger partial charge on any atom is 0.236 e. The Labute approximate surface area is 116 Å². The van der Waals surface area contributed by atoms with E-state index in [1.807, 2.05) is 42.1 Å². The largest absolute Gasteiger partial charge is 0.368 e. The molecule has 0 radical (unpaired) electrons. The van der Waals surface area contributed by atoms with Crippen LogP contribution in [-0.4, -0.2) is 27.5 Å². The summed E-state index contributed by atoms with van der Waals surface area (Å²) in [5.41, 5.74) is 5.44. The number of hydrogen-bond donors (Lipinski definition) is 2. The molecular weight excluding hydrogens is 260 g/mol. The number of aromatic nitrogens is 2. The highest BCUT2D eigenvalue weighted by Gasteiger charge is 2.18. The number of thiophene rings is 1. The van der Waals surface area contributed by atoms with Crippen molar-refractivity contribution in [1.82, 2.24) is 14.9 Å². The fraction of sp³-hybridized carbons (Fsp3) is 0.385. The van der Waals surface area contributed by atoms with E-state index in [1.54, 1.807) is 17.5 Å². The van der Waals surface area contributed by atoms with E-state index >= 15 is 0 Å². The summed E-state index contributed by atoms with van der Waals surface area (Å²) in [6, 6.07) is 3.80. The van der Waals surface area contributed by atoms with Crippen LogP contribution in [0.1, 0.15) is 13.8 Å². The monoisotopic (exact) mass is 278 g/mol. The van der Waals surface area contributed by atoms with Gasteiger partial charge in [0.25, 0.3) is 0 Å². The van der Waals surface area contributed by atoms with E-state index in [2.05, 4.69) is 10.3 Å². The summed E-state index contributed by atoms with van der Waals surface area (Å²) >= 11 is 1.62. The summed E-state index contributed by atoms with van der Waals surface area (Å²) in [6.07, 6.45) is 3.61. The lowest BCUT2D eigenvalue weighted by atomic mass is 10.2. The molecular formula is C13H18N4OS. The van der Waals surface area contributed by atoms with Gasteiger partial charge in [-0.15, -0.1) is 11.3 Å². The predicted molar refractivity (Wildman–Crippen MR) is 76.8 cm³/mol. The zero-order valence-corrected chi connectivity index (χ0v) is 11.9. The SMILES string of the molecule is CC(C)NC(Cn1ccnc1-c1cccs1)C(N)=O. The topological polar surface area (TPSA) is 72.9 Å². The number of hydrogen-bond acceptors (Lipinski definition) is 4. The van der Waals surface area contributed by atoms with Crippen LogP contribution >= 0.6 is 11.3 Å². The first kappa shape index (κ1) is 13.8. The van der Waals surface area contributed by atoms with Crippen molar-refractivity contribution in [3.05, 3.63) is 29.9 Å². The third-order valence-corrected chi connectivity index (χ3v) is 3.58. The molecule has 1 atom stereocenters. The van der Waals surface area contributed by atoms with E-state index in [0.717, 1.165) is 10.7 Å². The fourth-order valence-corrected chi connectivity index (χ4v) is 2.65. The van der Waals surface area contributed by atoms with Gasteiger partial charge in [-0.1, -0.05) is 19.9 Å². The van der Waals surface area contributed by atoms with Gasteiger partial charge in [0, 0.05) is 25.0 Å². The van der Waals surface area contributed by atoms with Crippen LogP contribution in [0.2, 0.25) is 0 Å². The smallest absolute Gasteiger partial charge is 0.236 e. The lowest BCUT2D eigenvalue weighted by Gasteiger charge is -2.19. The van der Waals surface area contributed by atoms with Crippen molar-refractivity contribution < 1.29 is 4.79 Å². The van der Waals surface area contributed by atoms with Crippen LogP contribution in [0.15, 0.2) is 29.9 Å². The fourth-order valence-electron chi connectivity index (χ4n) is 1.91. The molecule has 102 valence electrons. The van der Waals surface area contributed by atoms with E-state index in [-0.39, 0.29) is 11.9 Å². The molecule has 0 fully saturated rings. The molecule has 0 aliphatic heterocycles. The van der Waals surface area contributed by atoms with Crippen LogP contribution in [-0.2, 0) is 11.3 Å². The average Bonchev–Trinajstić information content (AvgIpc) is 2.96. The molecule has 2 rings (SSSR count). The summed E-state index contributed by atoms with van der Waals surface area (Å²) < 4.78 is 1.96. The normalized spacial score (nSPS) is 12.8. The van der Waals surface area contributed by atoms with Crippen molar-refractivity contribution in [3.63, 3.8) is 0 Å². The predicted octanol–water partition coefficient (Wildman–Crippen LogP) is 1.46. The van der Waals surface area contributed by atoms with Gasteiger partial charge in [-0.2, -0.15) is 0 Å². The zero-order chi connectivity index (χ0) is 13.8. The molecule has 1 unspecified atom stereocenters. The highest BCUT2D eigenvalue weighted by Crippen LogP contribution is 2.22. The van der Waals surface area contributed by atoms with E-state index in [4.69, 9.17) is 5.73 Å². The van der Waals surface area contributed by atoms with Crippen LogP contribution in [0, 0.1) is 0 Å². The molecule has 2 heterocycles. The number of nitrogens with two attached hydrogens (primary N) is 1. The molecule has 0 aliphatic rings. The number of rotatable bonds is 6. The molecule has 5 nitrogen and oxygen atoms in total. The van der Waals surface area contributed by atoms with Gasteiger partial charge in [-0.05, 0) is 11.4 Å². The van der Waals surface area contributed by atoms with Crippen molar-refractivity contribution in [2.75, 3.05) is 0 Å². The lowest BCUT2D eigenvalue weighted by molar-refractivity contribution is -0.120. The molecule has 0 aromatic carbocycles. The molecule has 19 heavy (non-hydrogen) atoms. The Morgan fingerprint density at radius 3 is 2.95 bits per heavy atom. The van der Waals surface area contributed by atoms with E-state index < -0.39 is 6.04 Å². The standard InChI is InChI=1S/C13H18N4OS/c1-9(2)16-10(12(14)18)8-17-6-5-15-13(17)11-4-3-7-19-11/h3-7,9-10,16H,8H2,1-2H3,(H2,14,18). The Kier molecular flexibility index (Phi) is 4.34. The number of imidazole rings is 1. The maximum atomic E-state index is 11.5.